The lowest BCUT2D eigenvalue weighted by Crippen LogP contribution is -2.24. The van der Waals surface area contributed by atoms with Crippen molar-refractivity contribution in [1.82, 2.24) is 0 Å². The summed E-state index contributed by atoms with van der Waals surface area (Å²) in [6.07, 6.45) is 6.99. The molecule has 0 atom stereocenters. The molecule has 0 fully saturated rings. The van der Waals surface area contributed by atoms with Crippen molar-refractivity contribution in [2.45, 2.75) is 58.8 Å². The molecule has 270 valence electrons. The van der Waals surface area contributed by atoms with Gasteiger partial charge in [-0.3, -0.25) is 0 Å². The molecule has 55 heavy (non-hydrogen) atoms. The average Bonchev–Trinajstić information content (AvgIpc) is 3.78. The number of benzene rings is 6. The smallest absolute Gasteiger partial charge is 0.159 e. The van der Waals surface area contributed by atoms with Crippen LogP contribution in [-0.2, 0) is 17.3 Å². The molecule has 0 radical (unpaired) electrons. The number of hydrogen-bond donors (Lipinski definition) is 0. The third-order valence-electron chi connectivity index (χ3n) is 12.4. The Morgan fingerprint density at radius 1 is 0.673 bits per heavy atom. The molecule has 0 saturated carbocycles. The number of hydrogen-bond acceptors (Lipinski definition) is 2. The summed E-state index contributed by atoms with van der Waals surface area (Å²) in [6, 6.07) is 44.2. The van der Waals surface area contributed by atoms with E-state index in [-0.39, 0.29) is 10.8 Å². The molecular weight excluding hydrogens is 667 g/mol. The van der Waals surface area contributed by atoms with Gasteiger partial charge in [0.25, 0.3) is 0 Å². The number of rotatable bonds is 8. The highest BCUT2D eigenvalue weighted by molar-refractivity contribution is 6.01. The van der Waals surface area contributed by atoms with E-state index in [0.717, 1.165) is 56.9 Å². The van der Waals surface area contributed by atoms with Gasteiger partial charge >= 0.3 is 0 Å². The zero-order valence-electron chi connectivity index (χ0n) is 32.8. The molecule has 0 aliphatic heterocycles. The Kier molecular flexibility index (Phi) is 8.02. The van der Waals surface area contributed by atoms with Crippen molar-refractivity contribution in [3.05, 3.63) is 191 Å². The molecule has 9 rings (SSSR count). The topological polar surface area (TPSA) is 16.4 Å². The molecule has 6 aromatic carbocycles. The molecule has 2 aliphatic rings. The predicted octanol–water partition coefficient (Wildman–Crippen LogP) is 14.8. The second kappa shape index (κ2) is 12.7. The third kappa shape index (κ3) is 4.94. The quantitative estimate of drug-likeness (QED) is 0.156. The molecule has 1 heterocycles. The molecule has 0 saturated heterocycles. The SMILES string of the molecule is C=Cc1ccc2c(c1C=C)-c1ccc3c(c1C2(C)C)C(C)(C)c1cc(N(c2ccccc2)c2cccc4c(CC)c(/C(=C\C)c5ccccc5)oc24)ccc1-3. The fourth-order valence-corrected chi connectivity index (χ4v) is 9.82. The van der Waals surface area contributed by atoms with Gasteiger partial charge in [0.2, 0.25) is 0 Å². The summed E-state index contributed by atoms with van der Waals surface area (Å²) in [7, 11) is 0. The Bertz CT molecular complexity index is 2720. The highest BCUT2D eigenvalue weighted by atomic mass is 16.3. The Morgan fingerprint density at radius 2 is 1.35 bits per heavy atom. The summed E-state index contributed by atoms with van der Waals surface area (Å²) < 4.78 is 7.05. The maximum atomic E-state index is 7.05. The standard InChI is InChI=1S/C53H47NO/c1-9-33-26-31-44-47(37(33)10-2)43-30-29-41-40-28-27-36(32-45(40)53(7,8)48(41)49(43)52(44,5)6)54(35-22-17-14-18-23-35)46-25-19-24-42-39(12-4)50(55-51(42)46)38(11-3)34-20-15-13-16-21-34/h9-11,13-32H,1-2,12H2,3-8H3/b38-11-. The van der Waals surface area contributed by atoms with Crippen LogP contribution in [0.5, 0.6) is 0 Å². The van der Waals surface area contributed by atoms with Crippen LogP contribution in [0.1, 0.15) is 91.8 Å². The monoisotopic (exact) mass is 713 g/mol. The minimum absolute atomic E-state index is 0.180. The number of fused-ring (bicyclic) bond motifs is 8. The number of para-hydroxylation sites is 2. The zero-order valence-corrected chi connectivity index (χ0v) is 32.8. The third-order valence-corrected chi connectivity index (χ3v) is 12.4. The molecule has 0 bridgehead atoms. The number of furan rings is 1. The summed E-state index contributed by atoms with van der Waals surface area (Å²) >= 11 is 0. The Morgan fingerprint density at radius 3 is 2.04 bits per heavy atom. The van der Waals surface area contributed by atoms with Gasteiger partial charge in [-0.15, -0.1) is 0 Å². The molecule has 2 nitrogen and oxygen atoms in total. The van der Waals surface area contributed by atoms with Crippen molar-refractivity contribution < 1.29 is 4.42 Å². The van der Waals surface area contributed by atoms with E-state index in [1.54, 1.807) is 0 Å². The van der Waals surface area contributed by atoms with Crippen LogP contribution in [0.25, 0.3) is 50.9 Å². The van der Waals surface area contributed by atoms with E-state index in [2.05, 4.69) is 187 Å². The lowest BCUT2D eigenvalue weighted by molar-refractivity contribution is 0.595. The molecule has 0 spiro atoms. The zero-order chi connectivity index (χ0) is 38.2. The van der Waals surface area contributed by atoms with Gasteiger partial charge in [-0.1, -0.05) is 157 Å². The van der Waals surface area contributed by atoms with Crippen molar-refractivity contribution in [3.8, 4) is 22.3 Å². The van der Waals surface area contributed by atoms with Gasteiger partial charge in [-0.05, 0) is 105 Å². The number of allylic oxidation sites excluding steroid dienone is 1. The second-order valence-corrected chi connectivity index (χ2v) is 15.9. The van der Waals surface area contributed by atoms with Crippen LogP contribution >= 0.6 is 0 Å². The largest absolute Gasteiger partial charge is 0.454 e. The first-order valence-corrected chi connectivity index (χ1v) is 19.5. The summed E-state index contributed by atoms with van der Waals surface area (Å²) in [5.41, 5.74) is 20.2. The summed E-state index contributed by atoms with van der Waals surface area (Å²) in [5.74, 6) is 0.939. The highest BCUT2D eigenvalue weighted by Gasteiger charge is 2.46. The molecular formula is C53H47NO. The normalized spacial score (nSPS) is 14.6. The minimum atomic E-state index is -0.251. The van der Waals surface area contributed by atoms with Crippen molar-refractivity contribution in [2.24, 2.45) is 0 Å². The second-order valence-electron chi connectivity index (χ2n) is 15.9. The molecule has 7 aromatic rings. The summed E-state index contributed by atoms with van der Waals surface area (Å²) in [5, 5.41) is 1.15. The number of anilines is 3. The Balaban J connectivity index is 1.23. The van der Waals surface area contributed by atoms with Gasteiger partial charge in [0.05, 0.1) is 5.69 Å². The van der Waals surface area contributed by atoms with Gasteiger partial charge in [-0.25, -0.2) is 0 Å². The van der Waals surface area contributed by atoms with Crippen LogP contribution < -0.4 is 4.90 Å². The van der Waals surface area contributed by atoms with E-state index in [9.17, 15) is 0 Å². The first-order chi connectivity index (χ1) is 26.6. The van der Waals surface area contributed by atoms with E-state index in [1.165, 1.54) is 55.6 Å². The van der Waals surface area contributed by atoms with Gasteiger partial charge in [0, 0.05) is 38.7 Å². The van der Waals surface area contributed by atoms with Crippen molar-refractivity contribution >= 4 is 45.8 Å². The lowest BCUT2D eigenvalue weighted by atomic mass is 9.72. The first kappa shape index (κ1) is 34.6. The number of nitrogens with zero attached hydrogens (tertiary/aromatic N) is 1. The van der Waals surface area contributed by atoms with Crippen LogP contribution in [0.2, 0.25) is 0 Å². The minimum Gasteiger partial charge on any atom is -0.454 e. The summed E-state index contributed by atoms with van der Waals surface area (Å²) in [4.78, 5) is 2.38. The fraction of sp³-hybridized carbons (Fsp3) is 0.170. The van der Waals surface area contributed by atoms with E-state index in [1.807, 2.05) is 12.2 Å². The van der Waals surface area contributed by atoms with Crippen molar-refractivity contribution in [2.75, 3.05) is 4.90 Å². The summed E-state index contributed by atoms with van der Waals surface area (Å²) in [6.45, 7) is 22.3. The molecule has 1 aromatic heterocycles. The lowest BCUT2D eigenvalue weighted by Gasteiger charge is -2.31. The molecule has 0 amide bonds. The van der Waals surface area contributed by atoms with Crippen molar-refractivity contribution in [3.63, 3.8) is 0 Å². The van der Waals surface area contributed by atoms with E-state index in [0.29, 0.717) is 0 Å². The molecule has 0 N–H and O–H groups in total. The molecule has 2 aliphatic carbocycles. The Labute approximate surface area is 325 Å². The van der Waals surface area contributed by atoms with Crippen LogP contribution in [0.15, 0.2) is 145 Å². The van der Waals surface area contributed by atoms with Gasteiger partial charge in [-0.2, -0.15) is 0 Å². The van der Waals surface area contributed by atoms with Gasteiger partial charge in [0.15, 0.2) is 5.58 Å². The van der Waals surface area contributed by atoms with E-state index < -0.39 is 0 Å². The van der Waals surface area contributed by atoms with E-state index in [4.69, 9.17) is 4.42 Å². The average molecular weight is 714 g/mol. The fourth-order valence-electron chi connectivity index (χ4n) is 9.82. The van der Waals surface area contributed by atoms with Gasteiger partial charge < -0.3 is 9.32 Å². The Hall–Kier alpha value is -6.12. The van der Waals surface area contributed by atoms with Crippen molar-refractivity contribution in [1.29, 1.82) is 0 Å². The maximum absolute atomic E-state index is 7.05. The highest BCUT2D eigenvalue weighted by Crippen LogP contribution is 2.60. The van der Waals surface area contributed by atoms with Crippen LogP contribution in [-0.4, -0.2) is 0 Å². The van der Waals surface area contributed by atoms with Crippen LogP contribution in [0, 0.1) is 0 Å². The van der Waals surface area contributed by atoms with Gasteiger partial charge in [0.1, 0.15) is 5.76 Å². The number of aryl methyl sites for hydroxylation is 1. The maximum Gasteiger partial charge on any atom is 0.159 e. The predicted molar refractivity (Wildman–Crippen MR) is 235 cm³/mol. The molecule has 0 unspecified atom stereocenters. The first-order valence-electron chi connectivity index (χ1n) is 19.5. The molecule has 2 heteroatoms. The van der Waals surface area contributed by atoms with Crippen LogP contribution in [0.4, 0.5) is 17.1 Å². The van der Waals surface area contributed by atoms with Crippen LogP contribution in [0.3, 0.4) is 0 Å². The van der Waals surface area contributed by atoms with E-state index >= 15 is 0 Å².